The first-order valence-electron chi connectivity index (χ1n) is 7.30. The van der Waals surface area contributed by atoms with Crippen molar-refractivity contribution in [2.45, 2.75) is 38.6 Å². The van der Waals surface area contributed by atoms with Crippen molar-refractivity contribution in [3.05, 3.63) is 28.8 Å². The van der Waals surface area contributed by atoms with Crippen LogP contribution in [0.4, 0.5) is 5.69 Å². The van der Waals surface area contributed by atoms with Crippen LogP contribution in [0.5, 0.6) is 0 Å². The number of amides is 1. The predicted molar refractivity (Wildman–Crippen MR) is 88.8 cm³/mol. The summed E-state index contributed by atoms with van der Waals surface area (Å²) < 4.78 is 25.3. The van der Waals surface area contributed by atoms with Crippen LogP contribution in [0.1, 0.15) is 31.2 Å². The molecule has 1 aromatic carbocycles. The normalized spacial score (nSPS) is 15.8. The van der Waals surface area contributed by atoms with Crippen molar-refractivity contribution < 1.29 is 13.2 Å². The molecule has 1 fully saturated rings. The van der Waals surface area contributed by atoms with E-state index >= 15 is 0 Å². The standard InChI is InChI=1S/C15H21ClN2O3S/c1-11-7-8-12(16)9-14(11)18(22(2,20)21)10-15(19)17-13-5-3-4-6-13/h7-9,13H,3-6,10H2,1-2H3,(H,17,19). The number of rotatable bonds is 5. The van der Waals surface area contributed by atoms with Gasteiger partial charge in [-0.25, -0.2) is 8.42 Å². The van der Waals surface area contributed by atoms with Gasteiger partial charge in [-0.1, -0.05) is 30.5 Å². The summed E-state index contributed by atoms with van der Waals surface area (Å²) in [5, 5.41) is 3.34. The monoisotopic (exact) mass is 344 g/mol. The fourth-order valence-electron chi connectivity index (χ4n) is 2.71. The van der Waals surface area contributed by atoms with E-state index in [1.165, 1.54) is 0 Å². The summed E-state index contributed by atoms with van der Waals surface area (Å²) in [5.41, 5.74) is 1.19. The number of hydrogen-bond donors (Lipinski definition) is 1. The Hall–Kier alpha value is -1.27. The lowest BCUT2D eigenvalue weighted by Gasteiger charge is -2.24. The Kier molecular flexibility index (Phi) is 5.34. The number of halogens is 1. The smallest absolute Gasteiger partial charge is 0.240 e. The molecule has 5 nitrogen and oxygen atoms in total. The van der Waals surface area contributed by atoms with Gasteiger partial charge in [0, 0.05) is 11.1 Å². The first-order valence-corrected chi connectivity index (χ1v) is 9.53. The third kappa shape index (κ3) is 4.36. The van der Waals surface area contributed by atoms with Crippen LogP contribution in [-0.4, -0.2) is 33.2 Å². The highest BCUT2D eigenvalue weighted by atomic mass is 35.5. The van der Waals surface area contributed by atoms with Crippen LogP contribution in [0.25, 0.3) is 0 Å². The van der Waals surface area contributed by atoms with Gasteiger partial charge in [-0.3, -0.25) is 9.10 Å². The summed E-state index contributed by atoms with van der Waals surface area (Å²) in [7, 11) is -3.57. The van der Waals surface area contributed by atoms with Gasteiger partial charge in [0.1, 0.15) is 6.54 Å². The number of carbonyl (C=O) groups excluding carboxylic acids is 1. The molecule has 0 atom stereocenters. The number of nitrogens with one attached hydrogen (secondary N) is 1. The maximum atomic E-state index is 12.2. The van der Waals surface area contributed by atoms with Crippen LogP contribution in [0.3, 0.4) is 0 Å². The van der Waals surface area contributed by atoms with E-state index in [9.17, 15) is 13.2 Å². The number of nitrogens with zero attached hydrogens (tertiary/aromatic N) is 1. The number of carbonyl (C=O) groups is 1. The first kappa shape index (κ1) is 17.1. The fourth-order valence-corrected chi connectivity index (χ4v) is 3.78. The predicted octanol–water partition coefficient (Wildman–Crippen LogP) is 2.47. The fraction of sp³-hybridized carbons (Fsp3) is 0.533. The largest absolute Gasteiger partial charge is 0.352 e. The van der Waals surface area contributed by atoms with E-state index in [-0.39, 0.29) is 18.5 Å². The molecule has 1 amide bonds. The second kappa shape index (κ2) is 6.87. The Morgan fingerprint density at radius 1 is 1.36 bits per heavy atom. The summed E-state index contributed by atoms with van der Waals surface area (Å²) in [5.74, 6) is -0.281. The van der Waals surface area contributed by atoms with E-state index in [1.54, 1.807) is 25.1 Å². The molecule has 0 saturated heterocycles. The quantitative estimate of drug-likeness (QED) is 0.892. The maximum Gasteiger partial charge on any atom is 0.240 e. The molecule has 1 aliphatic rings. The van der Waals surface area contributed by atoms with Gasteiger partial charge in [-0.2, -0.15) is 0 Å². The molecule has 1 aromatic rings. The summed E-state index contributed by atoms with van der Waals surface area (Å²) in [4.78, 5) is 12.2. The average Bonchev–Trinajstić information content (AvgIpc) is 2.90. The molecular weight excluding hydrogens is 324 g/mol. The molecule has 1 saturated carbocycles. The van der Waals surface area contributed by atoms with Crippen LogP contribution < -0.4 is 9.62 Å². The molecule has 0 radical (unpaired) electrons. The van der Waals surface area contributed by atoms with Crippen LogP contribution >= 0.6 is 11.6 Å². The number of sulfonamides is 1. The molecule has 0 heterocycles. The molecular formula is C15H21ClN2O3S. The van der Waals surface area contributed by atoms with Gasteiger partial charge in [0.25, 0.3) is 0 Å². The third-order valence-corrected chi connectivity index (χ3v) is 5.21. The number of hydrogen-bond acceptors (Lipinski definition) is 3. The zero-order chi connectivity index (χ0) is 16.3. The van der Waals surface area contributed by atoms with E-state index in [0.717, 1.165) is 41.8 Å². The number of aryl methyl sites for hydroxylation is 1. The van der Waals surface area contributed by atoms with E-state index < -0.39 is 10.0 Å². The van der Waals surface area contributed by atoms with Crippen molar-refractivity contribution in [3.63, 3.8) is 0 Å². The molecule has 0 aromatic heterocycles. The second-order valence-electron chi connectivity index (χ2n) is 5.75. The van der Waals surface area contributed by atoms with Gasteiger partial charge in [-0.05, 0) is 37.5 Å². The maximum absolute atomic E-state index is 12.2. The molecule has 22 heavy (non-hydrogen) atoms. The van der Waals surface area contributed by atoms with Gasteiger partial charge in [0.05, 0.1) is 11.9 Å². The molecule has 122 valence electrons. The van der Waals surface area contributed by atoms with Crippen molar-refractivity contribution >= 4 is 33.2 Å². The minimum atomic E-state index is -3.57. The van der Waals surface area contributed by atoms with Crippen molar-refractivity contribution in [2.75, 3.05) is 17.1 Å². The van der Waals surface area contributed by atoms with Gasteiger partial charge in [0.2, 0.25) is 15.9 Å². The van der Waals surface area contributed by atoms with Crippen molar-refractivity contribution in [1.29, 1.82) is 0 Å². The molecule has 0 unspecified atom stereocenters. The lowest BCUT2D eigenvalue weighted by Crippen LogP contribution is -2.43. The molecule has 1 aliphatic carbocycles. The molecule has 0 bridgehead atoms. The van der Waals surface area contributed by atoms with Crippen LogP contribution in [0.15, 0.2) is 18.2 Å². The minimum Gasteiger partial charge on any atom is -0.352 e. The van der Waals surface area contributed by atoms with Gasteiger partial charge in [0.15, 0.2) is 0 Å². The molecule has 0 spiro atoms. The Morgan fingerprint density at radius 3 is 2.59 bits per heavy atom. The highest BCUT2D eigenvalue weighted by molar-refractivity contribution is 7.92. The van der Waals surface area contributed by atoms with Crippen LogP contribution in [0.2, 0.25) is 5.02 Å². The summed E-state index contributed by atoms with van der Waals surface area (Å²) in [6.45, 7) is 1.56. The lowest BCUT2D eigenvalue weighted by molar-refractivity contribution is -0.120. The minimum absolute atomic E-state index is 0.161. The molecule has 7 heteroatoms. The summed E-state index contributed by atoms with van der Waals surface area (Å²) in [6, 6.07) is 5.17. The Morgan fingerprint density at radius 2 is 2.00 bits per heavy atom. The van der Waals surface area contributed by atoms with Crippen molar-refractivity contribution in [1.82, 2.24) is 5.32 Å². The van der Waals surface area contributed by atoms with E-state index in [2.05, 4.69) is 5.32 Å². The molecule has 2 rings (SSSR count). The first-order chi connectivity index (χ1) is 10.3. The molecule has 0 aliphatic heterocycles. The van der Waals surface area contributed by atoms with Crippen LogP contribution in [-0.2, 0) is 14.8 Å². The average molecular weight is 345 g/mol. The van der Waals surface area contributed by atoms with E-state index in [1.807, 2.05) is 0 Å². The SMILES string of the molecule is Cc1ccc(Cl)cc1N(CC(=O)NC1CCCC1)S(C)(=O)=O. The zero-order valence-electron chi connectivity index (χ0n) is 12.8. The highest BCUT2D eigenvalue weighted by Gasteiger charge is 2.24. The molecule has 1 N–H and O–H groups in total. The van der Waals surface area contributed by atoms with E-state index in [4.69, 9.17) is 11.6 Å². The lowest BCUT2D eigenvalue weighted by atomic mass is 10.2. The zero-order valence-corrected chi connectivity index (χ0v) is 14.4. The topological polar surface area (TPSA) is 66.5 Å². The highest BCUT2D eigenvalue weighted by Crippen LogP contribution is 2.26. The number of benzene rings is 1. The Labute approximate surface area is 136 Å². The van der Waals surface area contributed by atoms with Crippen molar-refractivity contribution in [2.24, 2.45) is 0 Å². The van der Waals surface area contributed by atoms with Crippen molar-refractivity contribution in [3.8, 4) is 0 Å². The van der Waals surface area contributed by atoms with Gasteiger partial charge < -0.3 is 5.32 Å². The Bertz CT molecular complexity index is 655. The number of anilines is 1. The Balaban J connectivity index is 2.20. The third-order valence-electron chi connectivity index (χ3n) is 3.85. The summed E-state index contributed by atoms with van der Waals surface area (Å²) in [6.07, 6.45) is 5.22. The second-order valence-corrected chi connectivity index (χ2v) is 8.09. The summed E-state index contributed by atoms with van der Waals surface area (Å²) >= 11 is 5.96. The van der Waals surface area contributed by atoms with E-state index in [0.29, 0.717) is 10.7 Å². The van der Waals surface area contributed by atoms with Gasteiger partial charge >= 0.3 is 0 Å². The van der Waals surface area contributed by atoms with Crippen LogP contribution in [0, 0.1) is 6.92 Å². The van der Waals surface area contributed by atoms with Gasteiger partial charge in [-0.15, -0.1) is 0 Å².